The molecule has 1 aromatic rings. The van der Waals surface area contributed by atoms with Crippen molar-refractivity contribution in [2.45, 2.75) is 44.8 Å². The number of rotatable bonds is 5. The number of hydrogen-bond donors (Lipinski definition) is 0. The molecule has 2 saturated carbocycles. The summed E-state index contributed by atoms with van der Waals surface area (Å²) >= 11 is 0. The molecule has 2 aliphatic carbocycles. The van der Waals surface area contributed by atoms with E-state index in [9.17, 15) is 0 Å². The van der Waals surface area contributed by atoms with Crippen LogP contribution in [0.3, 0.4) is 0 Å². The Morgan fingerprint density at radius 3 is 2.67 bits per heavy atom. The maximum absolute atomic E-state index is 6.14. The van der Waals surface area contributed by atoms with Crippen molar-refractivity contribution in [1.82, 2.24) is 0 Å². The lowest BCUT2D eigenvalue weighted by Gasteiger charge is -2.25. The Labute approximate surface area is 109 Å². The van der Waals surface area contributed by atoms with Crippen LogP contribution in [0.5, 0.6) is 5.75 Å². The van der Waals surface area contributed by atoms with Gasteiger partial charge >= 0.3 is 0 Å². The van der Waals surface area contributed by atoms with E-state index in [-0.39, 0.29) is 6.10 Å². The lowest BCUT2D eigenvalue weighted by molar-refractivity contribution is -0.0479. The number of para-hydroxylation sites is 1. The van der Waals surface area contributed by atoms with Crippen LogP contribution in [-0.2, 0) is 4.74 Å². The minimum absolute atomic E-state index is 0.189. The summed E-state index contributed by atoms with van der Waals surface area (Å²) in [6.07, 6.45) is 6.17. The zero-order valence-corrected chi connectivity index (χ0v) is 11.0. The summed E-state index contributed by atoms with van der Waals surface area (Å²) in [5.74, 6) is 2.71. The molecule has 18 heavy (non-hydrogen) atoms. The van der Waals surface area contributed by atoms with Crippen LogP contribution in [0.15, 0.2) is 30.3 Å². The van der Waals surface area contributed by atoms with E-state index in [1.807, 2.05) is 30.3 Å². The second-order valence-corrected chi connectivity index (χ2v) is 5.78. The summed E-state index contributed by atoms with van der Waals surface area (Å²) in [5, 5.41) is 0. The van der Waals surface area contributed by atoms with Gasteiger partial charge in [-0.2, -0.15) is 0 Å². The third kappa shape index (κ3) is 2.69. The number of benzene rings is 1. The molecule has 0 saturated heterocycles. The molecule has 0 spiro atoms. The van der Waals surface area contributed by atoms with Crippen molar-refractivity contribution in [2.24, 2.45) is 11.8 Å². The second-order valence-electron chi connectivity index (χ2n) is 5.78. The molecule has 2 heteroatoms. The molecular weight excluding hydrogens is 224 g/mol. The van der Waals surface area contributed by atoms with Gasteiger partial charge in [0.25, 0.3) is 0 Å². The van der Waals surface area contributed by atoms with Crippen LogP contribution in [0.25, 0.3) is 0 Å². The Balaban J connectivity index is 1.43. The minimum atomic E-state index is 0.189. The van der Waals surface area contributed by atoms with Crippen molar-refractivity contribution >= 4 is 0 Å². The summed E-state index contributed by atoms with van der Waals surface area (Å²) in [7, 11) is 0. The molecule has 0 heterocycles. The quantitative estimate of drug-likeness (QED) is 0.789. The van der Waals surface area contributed by atoms with E-state index in [0.717, 1.165) is 17.6 Å². The zero-order chi connectivity index (χ0) is 12.4. The van der Waals surface area contributed by atoms with Crippen LogP contribution in [0.2, 0.25) is 0 Å². The summed E-state index contributed by atoms with van der Waals surface area (Å²) in [4.78, 5) is 0. The minimum Gasteiger partial charge on any atom is -0.491 e. The standard InChI is InChI=1S/C16H22O2/c1-12(11-17-15-5-3-2-4-6-15)18-16-10-13-7-8-14(16)9-13/h2-6,12-14,16H,7-11H2,1H3. The topological polar surface area (TPSA) is 18.5 Å². The molecule has 0 N–H and O–H groups in total. The van der Waals surface area contributed by atoms with E-state index in [0.29, 0.717) is 12.7 Å². The van der Waals surface area contributed by atoms with Crippen LogP contribution in [0.4, 0.5) is 0 Å². The van der Waals surface area contributed by atoms with Gasteiger partial charge in [0.05, 0.1) is 12.2 Å². The number of ether oxygens (including phenoxy) is 2. The fourth-order valence-corrected chi connectivity index (χ4v) is 3.42. The SMILES string of the molecule is CC(COc1ccccc1)OC1CC2CCC1C2. The largest absolute Gasteiger partial charge is 0.491 e. The van der Waals surface area contributed by atoms with Gasteiger partial charge in [-0.25, -0.2) is 0 Å². The fourth-order valence-electron chi connectivity index (χ4n) is 3.42. The van der Waals surface area contributed by atoms with Gasteiger partial charge in [0.1, 0.15) is 12.4 Å². The molecule has 1 aromatic carbocycles. The van der Waals surface area contributed by atoms with Crippen molar-refractivity contribution in [3.63, 3.8) is 0 Å². The van der Waals surface area contributed by atoms with Crippen molar-refractivity contribution in [3.8, 4) is 5.75 Å². The average molecular weight is 246 g/mol. The molecule has 0 aromatic heterocycles. The van der Waals surface area contributed by atoms with Gasteiger partial charge in [0.15, 0.2) is 0 Å². The van der Waals surface area contributed by atoms with E-state index in [2.05, 4.69) is 6.92 Å². The van der Waals surface area contributed by atoms with Crippen molar-refractivity contribution in [1.29, 1.82) is 0 Å². The predicted molar refractivity (Wildman–Crippen MR) is 71.7 cm³/mol. The van der Waals surface area contributed by atoms with Gasteiger partial charge in [-0.1, -0.05) is 18.2 Å². The van der Waals surface area contributed by atoms with Crippen molar-refractivity contribution < 1.29 is 9.47 Å². The first-order chi connectivity index (χ1) is 8.81. The van der Waals surface area contributed by atoms with Gasteiger partial charge in [-0.05, 0) is 56.6 Å². The number of hydrogen-bond acceptors (Lipinski definition) is 2. The Morgan fingerprint density at radius 2 is 2.00 bits per heavy atom. The predicted octanol–water partition coefficient (Wildman–Crippen LogP) is 3.66. The lowest BCUT2D eigenvalue weighted by Crippen LogP contribution is -2.28. The maximum Gasteiger partial charge on any atom is 0.119 e. The van der Waals surface area contributed by atoms with Crippen LogP contribution in [0.1, 0.15) is 32.6 Å². The summed E-state index contributed by atoms with van der Waals surface area (Å²) < 4.78 is 11.9. The summed E-state index contributed by atoms with van der Waals surface area (Å²) in [5.41, 5.74) is 0. The average Bonchev–Trinajstić information content (AvgIpc) is 3.00. The summed E-state index contributed by atoms with van der Waals surface area (Å²) in [6.45, 7) is 2.77. The molecule has 98 valence electrons. The number of fused-ring (bicyclic) bond motifs is 2. The van der Waals surface area contributed by atoms with E-state index < -0.39 is 0 Å². The molecule has 2 bridgehead atoms. The van der Waals surface area contributed by atoms with Crippen molar-refractivity contribution in [2.75, 3.05) is 6.61 Å². The molecule has 0 amide bonds. The molecule has 4 unspecified atom stereocenters. The van der Waals surface area contributed by atoms with Crippen LogP contribution in [0, 0.1) is 11.8 Å². The van der Waals surface area contributed by atoms with Gasteiger partial charge in [-0.15, -0.1) is 0 Å². The van der Waals surface area contributed by atoms with Crippen LogP contribution in [-0.4, -0.2) is 18.8 Å². The van der Waals surface area contributed by atoms with Gasteiger partial charge in [0, 0.05) is 0 Å². The molecule has 2 fully saturated rings. The highest BCUT2D eigenvalue weighted by Crippen LogP contribution is 2.46. The van der Waals surface area contributed by atoms with E-state index >= 15 is 0 Å². The van der Waals surface area contributed by atoms with E-state index in [1.165, 1.54) is 25.7 Å². The second kappa shape index (κ2) is 5.31. The molecular formula is C16H22O2. The van der Waals surface area contributed by atoms with Gasteiger partial charge < -0.3 is 9.47 Å². The van der Waals surface area contributed by atoms with Crippen molar-refractivity contribution in [3.05, 3.63) is 30.3 Å². The zero-order valence-electron chi connectivity index (χ0n) is 11.0. The highest BCUT2D eigenvalue weighted by atomic mass is 16.5. The van der Waals surface area contributed by atoms with E-state index in [1.54, 1.807) is 0 Å². The Kier molecular flexibility index (Phi) is 3.55. The van der Waals surface area contributed by atoms with Crippen LogP contribution < -0.4 is 4.74 Å². The highest BCUT2D eigenvalue weighted by molar-refractivity contribution is 5.20. The Hall–Kier alpha value is -1.02. The third-order valence-corrected chi connectivity index (χ3v) is 4.31. The Morgan fingerprint density at radius 1 is 1.17 bits per heavy atom. The molecule has 3 rings (SSSR count). The van der Waals surface area contributed by atoms with E-state index in [4.69, 9.17) is 9.47 Å². The lowest BCUT2D eigenvalue weighted by atomic mass is 9.97. The third-order valence-electron chi connectivity index (χ3n) is 4.31. The molecule has 2 nitrogen and oxygen atoms in total. The molecule has 4 atom stereocenters. The first-order valence-electron chi connectivity index (χ1n) is 7.14. The summed E-state index contributed by atoms with van der Waals surface area (Å²) in [6, 6.07) is 9.98. The van der Waals surface area contributed by atoms with Gasteiger partial charge in [0.2, 0.25) is 0 Å². The molecule has 2 aliphatic rings. The normalized spacial score (nSPS) is 31.5. The first kappa shape index (κ1) is 12.0. The molecule has 0 aliphatic heterocycles. The molecule has 0 radical (unpaired) electrons. The Bertz CT molecular complexity index is 376. The monoisotopic (exact) mass is 246 g/mol. The maximum atomic E-state index is 6.14. The first-order valence-corrected chi connectivity index (χ1v) is 7.14. The fraction of sp³-hybridized carbons (Fsp3) is 0.625. The smallest absolute Gasteiger partial charge is 0.119 e. The van der Waals surface area contributed by atoms with Crippen LogP contribution >= 0.6 is 0 Å². The van der Waals surface area contributed by atoms with Gasteiger partial charge in [-0.3, -0.25) is 0 Å². The highest BCUT2D eigenvalue weighted by Gasteiger charge is 2.40.